The third kappa shape index (κ3) is 2.25. The number of hydrogen-bond acceptors (Lipinski definition) is 4. The molecule has 92 valence electrons. The molecule has 0 aromatic carbocycles. The van der Waals surface area contributed by atoms with E-state index in [1.165, 1.54) is 5.69 Å². The summed E-state index contributed by atoms with van der Waals surface area (Å²) >= 11 is 0. The number of rotatable bonds is 4. The van der Waals surface area contributed by atoms with Crippen molar-refractivity contribution in [3.63, 3.8) is 0 Å². The van der Waals surface area contributed by atoms with Gasteiger partial charge in [0, 0.05) is 39.0 Å². The number of hydrogen-bond donors (Lipinski definition) is 2. The molecule has 0 radical (unpaired) electrons. The van der Waals surface area contributed by atoms with Crippen LogP contribution in [0.1, 0.15) is 11.4 Å². The Bertz CT molecular complexity index is 510. The van der Waals surface area contributed by atoms with Crippen LogP contribution in [0, 0.1) is 6.92 Å². The van der Waals surface area contributed by atoms with E-state index in [9.17, 15) is 0 Å². The highest BCUT2D eigenvalue weighted by molar-refractivity contribution is 5.64. The van der Waals surface area contributed by atoms with Gasteiger partial charge in [-0.05, 0) is 13.0 Å². The van der Waals surface area contributed by atoms with Gasteiger partial charge in [0.05, 0.1) is 11.4 Å². The fourth-order valence-electron chi connectivity index (χ4n) is 1.84. The Balaban J connectivity index is 1.97. The van der Waals surface area contributed by atoms with Crippen molar-refractivity contribution >= 4 is 11.5 Å². The maximum atomic E-state index is 5.93. The number of nitrogens with zero attached hydrogens (tertiary/aromatic N) is 4. The van der Waals surface area contributed by atoms with Crippen LogP contribution in [0.5, 0.6) is 0 Å². The number of aryl methyl sites for hydroxylation is 3. The number of anilines is 2. The Morgan fingerprint density at radius 1 is 1.35 bits per heavy atom. The summed E-state index contributed by atoms with van der Waals surface area (Å²) in [6.07, 6.45) is 2.71. The Hall–Kier alpha value is -1.98. The number of nitrogens with two attached hydrogens (primary N) is 1. The molecule has 0 fully saturated rings. The lowest BCUT2D eigenvalue weighted by atomic mass is 10.3. The fourth-order valence-corrected chi connectivity index (χ4v) is 1.84. The van der Waals surface area contributed by atoms with Gasteiger partial charge in [-0.2, -0.15) is 10.2 Å². The van der Waals surface area contributed by atoms with Gasteiger partial charge < -0.3 is 11.1 Å². The average molecular weight is 234 g/mol. The molecule has 3 N–H and O–H groups in total. The smallest absolute Gasteiger partial charge is 0.147 e. The van der Waals surface area contributed by atoms with Crippen LogP contribution < -0.4 is 11.1 Å². The summed E-state index contributed by atoms with van der Waals surface area (Å²) < 4.78 is 3.65. The number of nitrogen functional groups attached to an aromatic ring is 1. The topological polar surface area (TPSA) is 73.7 Å². The van der Waals surface area contributed by atoms with Crippen molar-refractivity contribution in [2.45, 2.75) is 13.3 Å². The maximum absolute atomic E-state index is 5.93. The first-order valence-electron chi connectivity index (χ1n) is 5.59. The minimum atomic E-state index is 0.720. The lowest BCUT2D eigenvalue weighted by Crippen LogP contribution is -2.11. The Kier molecular flexibility index (Phi) is 3.03. The highest BCUT2D eigenvalue weighted by Crippen LogP contribution is 2.20. The van der Waals surface area contributed by atoms with E-state index in [4.69, 9.17) is 5.73 Å². The van der Waals surface area contributed by atoms with Gasteiger partial charge in [-0.1, -0.05) is 0 Å². The van der Waals surface area contributed by atoms with Crippen LogP contribution >= 0.6 is 0 Å². The van der Waals surface area contributed by atoms with Gasteiger partial charge in [-0.15, -0.1) is 0 Å². The maximum Gasteiger partial charge on any atom is 0.147 e. The first kappa shape index (κ1) is 11.5. The highest BCUT2D eigenvalue weighted by atomic mass is 15.3. The first-order valence-corrected chi connectivity index (χ1v) is 5.59. The van der Waals surface area contributed by atoms with Crippen molar-refractivity contribution in [1.29, 1.82) is 0 Å². The molecule has 0 aliphatic heterocycles. The molecule has 0 amide bonds. The van der Waals surface area contributed by atoms with Crippen LogP contribution in [-0.4, -0.2) is 26.1 Å². The minimum Gasteiger partial charge on any atom is -0.394 e. The van der Waals surface area contributed by atoms with E-state index in [0.717, 1.165) is 30.2 Å². The first-order chi connectivity index (χ1) is 8.09. The molecule has 6 nitrogen and oxygen atoms in total. The van der Waals surface area contributed by atoms with Crippen molar-refractivity contribution in [2.75, 3.05) is 17.6 Å². The minimum absolute atomic E-state index is 0.720. The zero-order chi connectivity index (χ0) is 12.4. The molecule has 0 aliphatic carbocycles. The molecular formula is C11H18N6. The van der Waals surface area contributed by atoms with Crippen molar-refractivity contribution in [1.82, 2.24) is 19.6 Å². The van der Waals surface area contributed by atoms with Crippen LogP contribution in [0.4, 0.5) is 11.5 Å². The highest BCUT2D eigenvalue weighted by Gasteiger charge is 2.09. The number of aromatic nitrogens is 4. The molecule has 6 heteroatoms. The van der Waals surface area contributed by atoms with Crippen LogP contribution in [0.25, 0.3) is 0 Å². The predicted molar refractivity (Wildman–Crippen MR) is 67.8 cm³/mol. The van der Waals surface area contributed by atoms with Gasteiger partial charge >= 0.3 is 0 Å². The summed E-state index contributed by atoms with van der Waals surface area (Å²) in [6, 6.07) is 2.01. The zero-order valence-corrected chi connectivity index (χ0v) is 10.4. The molecule has 17 heavy (non-hydrogen) atoms. The Labute approximate surface area is 100 Å². The summed E-state index contributed by atoms with van der Waals surface area (Å²) in [4.78, 5) is 0. The summed E-state index contributed by atoms with van der Waals surface area (Å²) in [5.74, 6) is 0.879. The van der Waals surface area contributed by atoms with E-state index in [1.54, 1.807) is 10.9 Å². The summed E-state index contributed by atoms with van der Waals surface area (Å²) in [5, 5.41) is 11.7. The summed E-state index contributed by atoms with van der Waals surface area (Å²) in [5.41, 5.74) is 8.70. The summed E-state index contributed by atoms with van der Waals surface area (Å²) in [6.45, 7) is 2.71. The molecule has 0 unspecified atom stereocenters. The van der Waals surface area contributed by atoms with Gasteiger partial charge in [-0.3, -0.25) is 9.36 Å². The second-order valence-corrected chi connectivity index (χ2v) is 4.09. The predicted octanol–water partition coefficient (Wildman–Crippen LogP) is 0.699. The normalized spacial score (nSPS) is 10.8. The zero-order valence-electron chi connectivity index (χ0n) is 10.4. The molecule has 2 aromatic heterocycles. The van der Waals surface area contributed by atoms with Crippen LogP contribution in [-0.2, 0) is 20.5 Å². The quantitative estimate of drug-likeness (QED) is 0.816. The molecule has 2 rings (SSSR count). The lowest BCUT2D eigenvalue weighted by Gasteiger charge is -2.07. The largest absolute Gasteiger partial charge is 0.394 e. The number of nitrogens with one attached hydrogen (secondary N) is 1. The summed E-state index contributed by atoms with van der Waals surface area (Å²) in [7, 11) is 3.83. The van der Waals surface area contributed by atoms with Gasteiger partial charge in [-0.25, -0.2) is 0 Å². The Morgan fingerprint density at radius 3 is 2.65 bits per heavy atom. The van der Waals surface area contributed by atoms with E-state index in [2.05, 4.69) is 15.5 Å². The van der Waals surface area contributed by atoms with E-state index in [0.29, 0.717) is 0 Å². The van der Waals surface area contributed by atoms with Crippen molar-refractivity contribution in [2.24, 2.45) is 14.1 Å². The third-order valence-electron chi connectivity index (χ3n) is 2.86. The van der Waals surface area contributed by atoms with Crippen molar-refractivity contribution in [3.05, 3.63) is 23.7 Å². The van der Waals surface area contributed by atoms with Gasteiger partial charge in [0.25, 0.3) is 0 Å². The molecule has 0 saturated carbocycles. The van der Waals surface area contributed by atoms with Crippen LogP contribution in [0.15, 0.2) is 12.3 Å². The van der Waals surface area contributed by atoms with Crippen LogP contribution in [0.3, 0.4) is 0 Å². The Morgan fingerprint density at radius 2 is 2.12 bits per heavy atom. The molecule has 0 saturated heterocycles. The average Bonchev–Trinajstić information content (AvgIpc) is 2.78. The second kappa shape index (κ2) is 4.48. The van der Waals surface area contributed by atoms with E-state index in [1.807, 2.05) is 31.8 Å². The van der Waals surface area contributed by atoms with E-state index in [-0.39, 0.29) is 0 Å². The lowest BCUT2D eigenvalue weighted by molar-refractivity contribution is 0.707. The third-order valence-corrected chi connectivity index (χ3v) is 2.86. The van der Waals surface area contributed by atoms with Crippen LogP contribution in [0.2, 0.25) is 0 Å². The monoisotopic (exact) mass is 234 g/mol. The molecule has 2 aromatic rings. The molecule has 0 aliphatic rings. The van der Waals surface area contributed by atoms with Gasteiger partial charge in [0.1, 0.15) is 5.82 Å². The van der Waals surface area contributed by atoms with Gasteiger partial charge in [0.2, 0.25) is 0 Å². The van der Waals surface area contributed by atoms with E-state index >= 15 is 0 Å². The standard InChI is InChI=1S/C11H18N6/c1-8-10(12)11(17(3)15-8)13-6-4-9-5-7-14-16(9)2/h5,7,13H,4,6,12H2,1-3H3. The fraction of sp³-hybridized carbons (Fsp3) is 0.455. The molecule has 0 atom stereocenters. The van der Waals surface area contributed by atoms with Gasteiger partial charge in [0.15, 0.2) is 0 Å². The van der Waals surface area contributed by atoms with Crippen molar-refractivity contribution < 1.29 is 0 Å². The SMILES string of the molecule is Cc1nn(C)c(NCCc2ccnn2C)c1N. The second-order valence-electron chi connectivity index (χ2n) is 4.09. The van der Waals surface area contributed by atoms with Crippen molar-refractivity contribution in [3.8, 4) is 0 Å². The molecular weight excluding hydrogens is 216 g/mol. The molecule has 0 bridgehead atoms. The molecule has 0 spiro atoms. The molecule has 2 heterocycles. The van der Waals surface area contributed by atoms with E-state index < -0.39 is 0 Å².